The molecule has 0 spiro atoms. The van der Waals surface area contributed by atoms with Crippen molar-refractivity contribution >= 4 is 33.7 Å². The fourth-order valence-electron chi connectivity index (χ4n) is 4.71. The molecule has 0 radical (unpaired) electrons. The Bertz CT molecular complexity index is 1320. The van der Waals surface area contributed by atoms with Gasteiger partial charge in [-0.15, -0.1) is 0 Å². The number of benzene rings is 2. The van der Waals surface area contributed by atoms with E-state index in [1.807, 2.05) is 30.3 Å². The highest BCUT2D eigenvalue weighted by atomic mass is 32.2. The lowest BCUT2D eigenvalue weighted by Gasteiger charge is -2.36. The van der Waals surface area contributed by atoms with E-state index < -0.39 is 46.4 Å². The van der Waals surface area contributed by atoms with Crippen LogP contribution in [0.15, 0.2) is 65.6 Å². The minimum absolute atomic E-state index is 0.125. The lowest BCUT2D eigenvalue weighted by molar-refractivity contribution is -0.137. The molecule has 2 aromatic carbocycles. The van der Waals surface area contributed by atoms with Crippen molar-refractivity contribution in [3.05, 3.63) is 66.2 Å². The number of hydrogen-bond donors (Lipinski definition) is 5. The first-order valence-corrected chi connectivity index (χ1v) is 15.7. The van der Waals surface area contributed by atoms with Gasteiger partial charge in [-0.1, -0.05) is 48.5 Å². The Labute approximate surface area is 252 Å². The second kappa shape index (κ2) is 16.7. The average Bonchev–Trinajstić information content (AvgIpc) is 3.03. The van der Waals surface area contributed by atoms with E-state index in [-0.39, 0.29) is 49.9 Å². The van der Waals surface area contributed by atoms with Crippen molar-refractivity contribution in [2.45, 2.75) is 42.7 Å². The fourth-order valence-corrected chi connectivity index (χ4v) is 6.15. The fraction of sp³-hybridized carbons (Fsp3) is 0.448. The maximum Gasteiger partial charge on any atom is 0.245 e. The normalized spacial score (nSPS) is 15.3. The molecule has 0 aromatic heterocycles. The predicted molar refractivity (Wildman–Crippen MR) is 161 cm³/mol. The van der Waals surface area contributed by atoms with Gasteiger partial charge in [-0.2, -0.15) is 4.31 Å². The highest BCUT2D eigenvalue weighted by Gasteiger charge is 2.33. The van der Waals surface area contributed by atoms with E-state index in [0.29, 0.717) is 25.8 Å². The average molecular weight is 616 g/mol. The summed E-state index contributed by atoms with van der Waals surface area (Å²) in [7, 11) is -3.68. The molecular formula is C29H41N7O6S. The van der Waals surface area contributed by atoms with Crippen LogP contribution in [0.2, 0.25) is 0 Å². The van der Waals surface area contributed by atoms with E-state index in [4.69, 9.17) is 11.5 Å². The highest BCUT2D eigenvalue weighted by molar-refractivity contribution is 7.89. The maximum absolute atomic E-state index is 13.4. The van der Waals surface area contributed by atoms with Gasteiger partial charge in [0.1, 0.15) is 12.1 Å². The van der Waals surface area contributed by atoms with Crippen LogP contribution < -0.4 is 27.4 Å². The van der Waals surface area contributed by atoms with Crippen LogP contribution >= 0.6 is 0 Å². The molecule has 4 amide bonds. The first-order valence-electron chi connectivity index (χ1n) is 14.3. The van der Waals surface area contributed by atoms with E-state index in [0.717, 1.165) is 5.56 Å². The molecular weight excluding hydrogens is 574 g/mol. The number of nitrogens with zero attached hydrogens (tertiary/aromatic N) is 2. The summed E-state index contributed by atoms with van der Waals surface area (Å²) in [5, 5.41) is 7.82. The van der Waals surface area contributed by atoms with Gasteiger partial charge < -0.3 is 32.3 Å². The third-order valence-corrected chi connectivity index (χ3v) is 8.97. The number of rotatable bonds is 15. The van der Waals surface area contributed by atoms with Crippen LogP contribution in [-0.2, 0) is 35.6 Å². The summed E-state index contributed by atoms with van der Waals surface area (Å²) in [6, 6.07) is 15.4. The number of sulfonamides is 1. The Morgan fingerprint density at radius 3 is 2.00 bits per heavy atom. The van der Waals surface area contributed by atoms with Gasteiger partial charge in [0.2, 0.25) is 33.7 Å². The highest BCUT2D eigenvalue weighted by Crippen LogP contribution is 2.18. The van der Waals surface area contributed by atoms with Gasteiger partial charge in [0.05, 0.1) is 18.0 Å². The Morgan fingerprint density at radius 2 is 1.40 bits per heavy atom. The molecule has 43 heavy (non-hydrogen) atoms. The predicted octanol–water partition coefficient (Wildman–Crippen LogP) is -1.06. The number of nitrogens with two attached hydrogens (primary N) is 2. The van der Waals surface area contributed by atoms with Crippen molar-refractivity contribution in [1.82, 2.24) is 25.2 Å². The summed E-state index contributed by atoms with van der Waals surface area (Å²) < 4.78 is 27.3. The summed E-state index contributed by atoms with van der Waals surface area (Å²) in [5.41, 5.74) is 11.8. The maximum atomic E-state index is 13.4. The summed E-state index contributed by atoms with van der Waals surface area (Å²) in [4.78, 5) is 52.8. The van der Waals surface area contributed by atoms with Crippen molar-refractivity contribution in [2.24, 2.45) is 11.5 Å². The first-order chi connectivity index (χ1) is 20.6. The standard InChI is InChI=1S/C29H41N7O6S/c30-14-8-7-13-24(29(40)35-15-17-36(18-16-35)43(41,42)23-11-5-2-6-12-23)33-27(38)21-32-28(39)25(34-26(37)20-31)19-22-9-3-1-4-10-22/h1-6,9-12,24-25H,7-8,13-21,30-31H2,(H,32,39)(H,33,38)(H,34,37)/t24-,25-/m1/s1. The number of nitrogens with one attached hydrogen (secondary N) is 3. The van der Waals surface area contributed by atoms with Crippen LogP contribution in [0.25, 0.3) is 0 Å². The lowest BCUT2D eigenvalue weighted by atomic mass is 10.1. The van der Waals surface area contributed by atoms with E-state index in [9.17, 15) is 27.6 Å². The third-order valence-electron chi connectivity index (χ3n) is 7.05. The first kappa shape index (κ1) is 33.6. The van der Waals surface area contributed by atoms with Crippen LogP contribution in [0.4, 0.5) is 0 Å². The van der Waals surface area contributed by atoms with E-state index in [1.54, 1.807) is 23.1 Å². The van der Waals surface area contributed by atoms with Crippen molar-refractivity contribution in [3.63, 3.8) is 0 Å². The molecule has 1 fully saturated rings. The van der Waals surface area contributed by atoms with Gasteiger partial charge in [-0.3, -0.25) is 19.2 Å². The molecule has 13 nitrogen and oxygen atoms in total. The van der Waals surface area contributed by atoms with Gasteiger partial charge in [0.15, 0.2) is 0 Å². The lowest BCUT2D eigenvalue weighted by Crippen LogP contribution is -2.57. The number of carbonyl (C=O) groups excluding carboxylic acids is 4. The largest absolute Gasteiger partial charge is 0.345 e. The zero-order valence-corrected chi connectivity index (χ0v) is 24.9. The molecule has 0 bridgehead atoms. The van der Waals surface area contributed by atoms with Gasteiger partial charge >= 0.3 is 0 Å². The molecule has 3 rings (SSSR count). The molecule has 0 saturated carbocycles. The van der Waals surface area contributed by atoms with Gasteiger partial charge in [0, 0.05) is 32.6 Å². The van der Waals surface area contributed by atoms with Crippen molar-refractivity contribution < 1.29 is 27.6 Å². The molecule has 14 heteroatoms. The molecule has 1 saturated heterocycles. The Morgan fingerprint density at radius 1 is 0.791 bits per heavy atom. The summed E-state index contributed by atoms with van der Waals surface area (Å²) >= 11 is 0. The van der Waals surface area contributed by atoms with Crippen LogP contribution in [-0.4, -0.2) is 99.1 Å². The topological polar surface area (TPSA) is 197 Å². The summed E-state index contributed by atoms with van der Waals surface area (Å²) in [6.45, 7) is 0.322. The summed E-state index contributed by atoms with van der Waals surface area (Å²) in [6.07, 6.45) is 1.78. The molecule has 2 atom stereocenters. The zero-order chi connectivity index (χ0) is 31.2. The third kappa shape index (κ3) is 10.1. The van der Waals surface area contributed by atoms with Crippen molar-refractivity contribution in [3.8, 4) is 0 Å². The second-order valence-corrected chi connectivity index (χ2v) is 12.1. The Kier molecular flexibility index (Phi) is 13.1. The van der Waals surface area contributed by atoms with Crippen LogP contribution in [0, 0.1) is 0 Å². The minimum Gasteiger partial charge on any atom is -0.345 e. The molecule has 1 aliphatic rings. The molecule has 2 aromatic rings. The number of hydrogen-bond acceptors (Lipinski definition) is 8. The van der Waals surface area contributed by atoms with Gasteiger partial charge in [0.25, 0.3) is 0 Å². The van der Waals surface area contributed by atoms with Crippen molar-refractivity contribution in [1.29, 1.82) is 0 Å². The molecule has 0 aliphatic carbocycles. The number of unbranched alkanes of at least 4 members (excludes halogenated alkanes) is 1. The van der Waals surface area contributed by atoms with E-state index in [1.165, 1.54) is 16.4 Å². The number of carbonyl (C=O) groups is 4. The van der Waals surface area contributed by atoms with E-state index in [2.05, 4.69) is 16.0 Å². The van der Waals surface area contributed by atoms with Crippen molar-refractivity contribution in [2.75, 3.05) is 45.8 Å². The SMILES string of the molecule is NCCCC[C@@H](NC(=O)CNC(=O)[C@@H](Cc1ccccc1)NC(=O)CN)C(=O)N1CCN(S(=O)(=O)c2ccccc2)CC1. The minimum atomic E-state index is -3.68. The number of amides is 4. The summed E-state index contributed by atoms with van der Waals surface area (Å²) in [5.74, 6) is -1.98. The van der Waals surface area contributed by atoms with E-state index >= 15 is 0 Å². The Hall–Kier alpha value is -3.85. The molecule has 234 valence electrons. The Balaban J connectivity index is 1.58. The molecule has 7 N–H and O–H groups in total. The smallest absolute Gasteiger partial charge is 0.245 e. The van der Waals surface area contributed by atoms with Gasteiger partial charge in [-0.25, -0.2) is 8.42 Å². The second-order valence-electron chi connectivity index (χ2n) is 10.2. The zero-order valence-electron chi connectivity index (χ0n) is 24.1. The van der Waals surface area contributed by atoms with Gasteiger partial charge in [-0.05, 0) is 43.5 Å². The van der Waals surface area contributed by atoms with Crippen LogP contribution in [0.3, 0.4) is 0 Å². The monoisotopic (exact) mass is 615 g/mol. The molecule has 1 aliphatic heterocycles. The van der Waals surface area contributed by atoms with Crippen LogP contribution in [0.5, 0.6) is 0 Å². The molecule has 0 unspecified atom stereocenters. The quantitative estimate of drug-likeness (QED) is 0.156. The van der Waals surface area contributed by atoms with Crippen LogP contribution in [0.1, 0.15) is 24.8 Å². The molecule has 1 heterocycles. The number of piperazine rings is 1.